The number of nitrogens with zero attached hydrogens (tertiary/aromatic N) is 3. The third-order valence-electron chi connectivity index (χ3n) is 2.68. The Labute approximate surface area is 106 Å². The van der Waals surface area contributed by atoms with E-state index in [1.807, 2.05) is 0 Å². The van der Waals surface area contributed by atoms with Crippen LogP contribution in [0.25, 0.3) is 11.2 Å². The molecule has 2 N–H and O–H groups in total. The minimum absolute atomic E-state index is 0.192. The van der Waals surface area contributed by atoms with E-state index in [9.17, 15) is 8.78 Å². The van der Waals surface area contributed by atoms with Crippen LogP contribution >= 0.6 is 0 Å². The van der Waals surface area contributed by atoms with Gasteiger partial charge in [0.1, 0.15) is 23.5 Å². The summed E-state index contributed by atoms with van der Waals surface area (Å²) in [6.07, 6.45) is 2.87. The quantitative estimate of drug-likeness (QED) is 0.758. The van der Waals surface area contributed by atoms with Gasteiger partial charge in [-0.3, -0.25) is 0 Å². The van der Waals surface area contributed by atoms with Gasteiger partial charge in [-0.1, -0.05) is 6.07 Å². The lowest BCUT2D eigenvalue weighted by Gasteiger charge is -2.07. The van der Waals surface area contributed by atoms with Gasteiger partial charge in [0, 0.05) is 18.2 Å². The number of hydrogen-bond acceptors (Lipinski definition) is 4. The molecule has 7 heteroatoms. The van der Waals surface area contributed by atoms with Gasteiger partial charge < -0.3 is 10.3 Å². The number of anilines is 1. The van der Waals surface area contributed by atoms with E-state index in [1.165, 1.54) is 24.8 Å². The molecule has 2 heterocycles. The lowest BCUT2D eigenvalue weighted by Crippen LogP contribution is -2.04. The summed E-state index contributed by atoms with van der Waals surface area (Å²) in [6.45, 7) is 0.192. The highest BCUT2D eigenvalue weighted by Gasteiger charge is 2.07. The zero-order valence-electron chi connectivity index (χ0n) is 9.69. The number of benzene rings is 1. The maximum Gasteiger partial charge on any atom is 0.182 e. The van der Waals surface area contributed by atoms with Crippen LogP contribution < -0.4 is 5.32 Å². The Hall–Kier alpha value is -2.57. The number of fused-ring (bicyclic) bond motifs is 1. The van der Waals surface area contributed by atoms with Crippen LogP contribution in [0.4, 0.5) is 14.6 Å². The van der Waals surface area contributed by atoms with Gasteiger partial charge in [0.05, 0.1) is 6.33 Å². The van der Waals surface area contributed by atoms with Crippen LogP contribution in [0.3, 0.4) is 0 Å². The Bertz CT molecular complexity index is 725. The van der Waals surface area contributed by atoms with Crippen LogP contribution in [-0.2, 0) is 6.54 Å². The first-order chi connectivity index (χ1) is 9.24. The average molecular weight is 261 g/mol. The summed E-state index contributed by atoms with van der Waals surface area (Å²) in [5.74, 6) is -0.673. The first-order valence-electron chi connectivity index (χ1n) is 5.56. The molecule has 0 saturated heterocycles. The van der Waals surface area contributed by atoms with E-state index in [0.717, 1.165) is 6.07 Å². The van der Waals surface area contributed by atoms with Gasteiger partial charge in [-0.25, -0.2) is 23.7 Å². The Balaban J connectivity index is 1.84. The van der Waals surface area contributed by atoms with Crippen LogP contribution in [0.15, 0.2) is 30.9 Å². The molecule has 5 nitrogen and oxygen atoms in total. The minimum Gasteiger partial charge on any atom is -0.364 e. The van der Waals surface area contributed by atoms with Crippen molar-refractivity contribution in [3.63, 3.8) is 0 Å². The van der Waals surface area contributed by atoms with Gasteiger partial charge in [-0.05, 0) is 6.07 Å². The van der Waals surface area contributed by atoms with Crippen molar-refractivity contribution < 1.29 is 8.78 Å². The van der Waals surface area contributed by atoms with Gasteiger partial charge in [0.25, 0.3) is 0 Å². The molecule has 0 fully saturated rings. The second kappa shape index (κ2) is 4.60. The molecule has 0 aliphatic heterocycles. The Morgan fingerprint density at radius 1 is 1.16 bits per heavy atom. The topological polar surface area (TPSA) is 66.5 Å². The molecule has 2 aromatic heterocycles. The molecule has 0 bridgehead atoms. The molecule has 1 aromatic carbocycles. The third kappa shape index (κ3) is 2.22. The van der Waals surface area contributed by atoms with Crippen LogP contribution in [0.5, 0.6) is 0 Å². The van der Waals surface area contributed by atoms with Crippen molar-refractivity contribution in [3.8, 4) is 0 Å². The van der Waals surface area contributed by atoms with E-state index in [1.54, 1.807) is 0 Å². The molecule has 0 amide bonds. The molecule has 0 unspecified atom stereocenters. The van der Waals surface area contributed by atoms with Crippen LogP contribution in [0, 0.1) is 11.6 Å². The fourth-order valence-corrected chi connectivity index (χ4v) is 1.74. The molecule has 96 valence electrons. The Morgan fingerprint density at radius 2 is 2.05 bits per heavy atom. The fourth-order valence-electron chi connectivity index (χ4n) is 1.74. The predicted molar refractivity (Wildman–Crippen MR) is 65.4 cm³/mol. The van der Waals surface area contributed by atoms with Crippen LogP contribution in [0.1, 0.15) is 5.56 Å². The molecule has 19 heavy (non-hydrogen) atoms. The maximum absolute atomic E-state index is 13.5. The first-order valence-corrected chi connectivity index (χ1v) is 5.56. The van der Waals surface area contributed by atoms with E-state index in [0.29, 0.717) is 22.5 Å². The molecule has 3 aromatic rings. The van der Waals surface area contributed by atoms with Crippen molar-refractivity contribution in [2.45, 2.75) is 6.54 Å². The smallest absolute Gasteiger partial charge is 0.182 e. The summed E-state index contributed by atoms with van der Waals surface area (Å²) in [6, 6.07) is 3.46. The van der Waals surface area contributed by atoms with Gasteiger partial charge in [-0.15, -0.1) is 0 Å². The van der Waals surface area contributed by atoms with Gasteiger partial charge in [0.2, 0.25) is 0 Å². The lowest BCUT2D eigenvalue weighted by atomic mass is 10.2. The van der Waals surface area contributed by atoms with Gasteiger partial charge in [0.15, 0.2) is 11.5 Å². The highest BCUT2D eigenvalue weighted by Crippen LogP contribution is 2.16. The Kier molecular flexibility index (Phi) is 2.79. The van der Waals surface area contributed by atoms with E-state index in [-0.39, 0.29) is 6.54 Å². The molecule has 0 spiro atoms. The summed E-state index contributed by atoms with van der Waals surface area (Å²) >= 11 is 0. The third-order valence-corrected chi connectivity index (χ3v) is 2.68. The predicted octanol–water partition coefficient (Wildman–Crippen LogP) is 2.24. The normalized spacial score (nSPS) is 10.8. The first kappa shape index (κ1) is 11.5. The molecular formula is C12H9F2N5. The van der Waals surface area contributed by atoms with Crippen molar-refractivity contribution >= 4 is 17.0 Å². The molecule has 0 saturated carbocycles. The molecule has 0 radical (unpaired) electrons. The maximum atomic E-state index is 13.5. The van der Waals surface area contributed by atoms with Crippen molar-refractivity contribution in [2.24, 2.45) is 0 Å². The molecule has 0 aliphatic rings. The summed E-state index contributed by atoms with van der Waals surface area (Å²) < 4.78 is 26.3. The molecule has 0 atom stereocenters. The SMILES string of the molecule is Fc1ccc(CNc2ncnc3nc[nH]c23)c(F)c1. The molecular weight excluding hydrogens is 252 g/mol. The van der Waals surface area contributed by atoms with Crippen LogP contribution in [-0.4, -0.2) is 19.9 Å². The minimum atomic E-state index is -0.598. The number of imidazole rings is 1. The second-order valence-electron chi connectivity index (χ2n) is 3.91. The summed E-state index contributed by atoms with van der Waals surface area (Å²) in [4.78, 5) is 14.9. The van der Waals surface area contributed by atoms with Crippen molar-refractivity contribution in [1.29, 1.82) is 0 Å². The zero-order valence-corrected chi connectivity index (χ0v) is 9.69. The largest absolute Gasteiger partial charge is 0.364 e. The van der Waals surface area contributed by atoms with E-state index < -0.39 is 11.6 Å². The van der Waals surface area contributed by atoms with E-state index in [4.69, 9.17) is 0 Å². The van der Waals surface area contributed by atoms with Crippen molar-refractivity contribution in [2.75, 3.05) is 5.32 Å². The molecule has 0 aliphatic carbocycles. The monoisotopic (exact) mass is 261 g/mol. The number of hydrogen-bond donors (Lipinski definition) is 2. The number of rotatable bonds is 3. The number of aromatic amines is 1. The summed E-state index contributed by atoms with van der Waals surface area (Å²) in [7, 11) is 0. The Morgan fingerprint density at radius 3 is 2.89 bits per heavy atom. The number of halogens is 2. The van der Waals surface area contributed by atoms with Crippen molar-refractivity contribution in [3.05, 3.63) is 48.1 Å². The standard InChI is InChI=1S/C12H9F2N5/c13-8-2-1-7(9(14)3-8)4-15-11-10-12(17-5-16-10)19-6-18-11/h1-3,5-6H,4H2,(H2,15,16,17,18,19). The van der Waals surface area contributed by atoms with Gasteiger partial charge >= 0.3 is 0 Å². The summed E-state index contributed by atoms with van der Waals surface area (Å²) in [5.41, 5.74) is 1.52. The number of H-pyrrole nitrogens is 1. The zero-order chi connectivity index (χ0) is 13.2. The fraction of sp³-hybridized carbons (Fsp3) is 0.0833. The van der Waals surface area contributed by atoms with E-state index in [2.05, 4.69) is 25.3 Å². The van der Waals surface area contributed by atoms with Crippen LogP contribution in [0.2, 0.25) is 0 Å². The molecule has 3 rings (SSSR count). The van der Waals surface area contributed by atoms with Gasteiger partial charge in [-0.2, -0.15) is 0 Å². The lowest BCUT2D eigenvalue weighted by molar-refractivity contribution is 0.574. The highest BCUT2D eigenvalue weighted by atomic mass is 19.1. The highest BCUT2D eigenvalue weighted by molar-refractivity contribution is 5.81. The van der Waals surface area contributed by atoms with Crippen molar-refractivity contribution in [1.82, 2.24) is 19.9 Å². The number of nitrogens with one attached hydrogen (secondary N) is 2. The number of aromatic nitrogens is 4. The average Bonchev–Trinajstić information content (AvgIpc) is 2.86. The second-order valence-corrected chi connectivity index (χ2v) is 3.91. The van der Waals surface area contributed by atoms with E-state index >= 15 is 0 Å². The summed E-state index contributed by atoms with van der Waals surface area (Å²) in [5, 5.41) is 2.97.